The molecule has 33 aromatic rings. The van der Waals surface area contributed by atoms with Gasteiger partial charge in [-0.1, -0.05) is 297 Å². The first-order valence-electron chi connectivity index (χ1n) is 47.6. The van der Waals surface area contributed by atoms with Crippen LogP contribution in [-0.4, -0.2) is 28.7 Å². The molecular weight excluding hydrogens is 1830 g/mol. The Morgan fingerprint density at radius 1 is 0.149 bits per heavy atom. The van der Waals surface area contributed by atoms with Crippen molar-refractivity contribution < 1.29 is 0 Å². The number of hydrogen-bond donors (Lipinski definition) is 0. The number of aromatic nitrogens is 6. The van der Waals surface area contributed by atoms with Crippen LogP contribution in [0.15, 0.2) is 437 Å². The second kappa shape index (κ2) is 30.9. The number of nitrogens with zero attached hydrogens (tertiary/aromatic N) is 6. The summed E-state index contributed by atoms with van der Waals surface area (Å²) >= 11 is 11.2. The molecule has 141 heavy (non-hydrogen) atoms. The molecule has 0 N–H and O–H groups in total. The summed E-state index contributed by atoms with van der Waals surface area (Å²) in [7, 11) is 0. The minimum absolute atomic E-state index is 1.08. The van der Waals surface area contributed by atoms with E-state index in [9.17, 15) is 0 Å². The molecule has 0 spiro atoms. The summed E-state index contributed by atoms with van der Waals surface area (Å²) in [4.78, 5) is 17.9. The molecule has 33 rings (SSSR count). The number of rotatable bonds is 6. The standard InChI is InChI=1S/C47H26N2S2.C41H22N2S2.C41H24N2S2/c1-2-15-32-30(13-1)31-14-3-4-16-33(31)38-26-28(22-23-34(32)38)27-11-9-12-29(25-27)49-39-20-7-5-17-35(39)43-44(49)46-42(37-19-10-24-48-47(37)51-46)41-36-18-6-8-21-40(36)50-45(41)43;1-2-12-26-24(10-1)25-11-3-4-13-27(25)32-22-23(19-20-28(26)32)43-33-17-7-5-14-29(33)37-38(43)40-36(31-16-9-21-42-41(31)45-40)35-30-15-6-8-18-34(30)44-39(35)37;1-3-12-25(13-4-1)27-22-28(26-14-5-2-6-15-26)24-29(23-27)43-33-19-9-7-16-30(33)37-38(43)40-36(32-18-11-21-42-41(32)45-40)35-31-17-8-10-20-34(31)44-39(35)37/h1-26H;1-22H;1-24H. The minimum atomic E-state index is 1.08. The second-order valence-electron chi connectivity index (χ2n) is 36.8. The maximum absolute atomic E-state index is 4.88. The van der Waals surface area contributed by atoms with Crippen LogP contribution in [0.2, 0.25) is 0 Å². The van der Waals surface area contributed by atoms with Crippen LogP contribution < -0.4 is 0 Å². The van der Waals surface area contributed by atoms with Gasteiger partial charge in [-0.25, -0.2) is 15.0 Å². The number of fused-ring (bicyclic) bond motifs is 48. The van der Waals surface area contributed by atoms with Gasteiger partial charge in [0.2, 0.25) is 0 Å². The molecule has 0 fully saturated rings. The third-order valence-corrected chi connectivity index (χ3v) is 36.4. The van der Waals surface area contributed by atoms with Crippen LogP contribution in [-0.2, 0) is 0 Å². The molecule has 12 aromatic heterocycles. The van der Waals surface area contributed by atoms with Crippen molar-refractivity contribution in [2.24, 2.45) is 0 Å². The lowest BCUT2D eigenvalue weighted by Gasteiger charge is -2.14. The molecule has 21 aromatic carbocycles. The van der Waals surface area contributed by atoms with Crippen LogP contribution in [0.1, 0.15) is 0 Å². The zero-order valence-electron chi connectivity index (χ0n) is 75.2. The first-order valence-corrected chi connectivity index (χ1v) is 52.5. The van der Waals surface area contributed by atoms with E-state index in [1.807, 2.05) is 86.6 Å². The van der Waals surface area contributed by atoms with E-state index in [1.54, 1.807) is 0 Å². The van der Waals surface area contributed by atoms with Gasteiger partial charge in [0.25, 0.3) is 0 Å². The van der Waals surface area contributed by atoms with Gasteiger partial charge in [-0.2, -0.15) is 0 Å². The van der Waals surface area contributed by atoms with Crippen LogP contribution in [0, 0.1) is 0 Å². The second-order valence-corrected chi connectivity index (χ2v) is 43.0. The molecule has 654 valence electrons. The van der Waals surface area contributed by atoms with Crippen molar-refractivity contribution in [1.29, 1.82) is 0 Å². The molecule has 6 nitrogen and oxygen atoms in total. The van der Waals surface area contributed by atoms with Crippen LogP contribution in [0.25, 0.3) is 302 Å². The van der Waals surface area contributed by atoms with Crippen LogP contribution in [0.4, 0.5) is 0 Å². The van der Waals surface area contributed by atoms with Gasteiger partial charge in [0.15, 0.2) is 0 Å². The molecule has 0 unspecified atom stereocenters. The maximum atomic E-state index is 4.88. The fourth-order valence-corrected chi connectivity index (χ4v) is 31.0. The Balaban J connectivity index is 0.0000000975. The molecule has 12 heterocycles. The van der Waals surface area contributed by atoms with Crippen LogP contribution in [0.5, 0.6) is 0 Å². The third-order valence-electron chi connectivity index (χ3n) is 29.4. The largest absolute Gasteiger partial charge is 0.308 e. The summed E-state index contributed by atoms with van der Waals surface area (Å²) in [6.07, 6.45) is 5.77. The molecule has 0 radical (unpaired) electrons. The van der Waals surface area contributed by atoms with Crippen LogP contribution in [0.3, 0.4) is 0 Å². The zero-order chi connectivity index (χ0) is 91.9. The highest BCUT2D eigenvalue weighted by Crippen LogP contribution is 2.58. The Hall–Kier alpha value is -16.7. The van der Waals surface area contributed by atoms with E-state index in [4.69, 9.17) is 15.0 Å². The summed E-state index contributed by atoms with van der Waals surface area (Å²) in [5, 5.41) is 39.1. The fraction of sp³-hybridized carbons (Fsp3) is 0. The van der Waals surface area contributed by atoms with E-state index >= 15 is 0 Å². The first kappa shape index (κ1) is 79.4. The van der Waals surface area contributed by atoms with Gasteiger partial charge in [0, 0.05) is 161 Å². The Kier molecular flexibility index (Phi) is 17.4. The Bertz CT molecular complexity index is 11100. The topological polar surface area (TPSA) is 53.5 Å². The maximum Gasteiger partial charge on any atom is 0.124 e. The molecule has 12 heteroatoms. The number of thiophene rings is 6. The summed E-state index contributed by atoms with van der Waals surface area (Å²) in [5.74, 6) is 0. The van der Waals surface area contributed by atoms with E-state index in [2.05, 4.69) is 432 Å². The Labute approximate surface area is 828 Å². The predicted molar refractivity (Wildman–Crippen MR) is 614 cm³/mol. The van der Waals surface area contributed by atoms with Crippen molar-refractivity contribution in [1.82, 2.24) is 28.7 Å². The summed E-state index contributed by atoms with van der Waals surface area (Å²) in [5.41, 5.74) is 18.2. The van der Waals surface area contributed by atoms with E-state index in [0.29, 0.717) is 0 Å². The molecule has 0 aliphatic rings. The number of para-hydroxylation sites is 3. The lowest BCUT2D eigenvalue weighted by atomic mass is 9.92. The Morgan fingerprint density at radius 2 is 0.426 bits per heavy atom. The molecule has 0 saturated heterocycles. The Morgan fingerprint density at radius 3 is 0.816 bits per heavy atom. The average molecular weight is 1900 g/mol. The summed E-state index contributed by atoms with van der Waals surface area (Å²) in [6, 6.07) is 153. The highest BCUT2D eigenvalue weighted by Gasteiger charge is 2.31. The van der Waals surface area contributed by atoms with Crippen molar-refractivity contribution in [3.05, 3.63) is 437 Å². The number of hydrogen-bond acceptors (Lipinski definition) is 9. The summed E-state index contributed by atoms with van der Waals surface area (Å²) in [6.45, 7) is 0. The zero-order valence-corrected chi connectivity index (χ0v) is 80.1. The molecule has 0 atom stereocenters. The normalized spacial score (nSPS) is 12.3. The molecule has 0 aliphatic heterocycles. The number of benzene rings is 21. The lowest BCUT2D eigenvalue weighted by molar-refractivity contribution is 1.19. The van der Waals surface area contributed by atoms with Gasteiger partial charge in [0.05, 0.1) is 47.2 Å². The highest BCUT2D eigenvalue weighted by atomic mass is 32.1. The van der Waals surface area contributed by atoms with E-state index in [1.165, 1.54) is 276 Å². The van der Waals surface area contributed by atoms with Crippen LogP contribution >= 0.6 is 68.0 Å². The lowest BCUT2D eigenvalue weighted by Crippen LogP contribution is -1.96. The van der Waals surface area contributed by atoms with Gasteiger partial charge >= 0.3 is 0 Å². The smallest absolute Gasteiger partial charge is 0.124 e. The number of pyridine rings is 3. The fourth-order valence-electron chi connectivity index (χ4n) is 23.6. The first-order chi connectivity index (χ1) is 70.0. The highest BCUT2D eigenvalue weighted by molar-refractivity contribution is 7.31. The summed E-state index contributed by atoms with van der Waals surface area (Å²) < 4.78 is 19.5. The predicted octanol–water partition coefficient (Wildman–Crippen LogP) is 38.7. The monoisotopic (exact) mass is 1900 g/mol. The van der Waals surface area contributed by atoms with E-state index < -0.39 is 0 Å². The van der Waals surface area contributed by atoms with Gasteiger partial charge in [-0.05, 0) is 219 Å². The third kappa shape index (κ3) is 11.7. The molecule has 0 aliphatic carbocycles. The van der Waals surface area contributed by atoms with E-state index in [0.717, 1.165) is 25.9 Å². The SMILES string of the molecule is c1cc(-c2ccc3c4ccccc4c4ccccc4c3c2)cc(-n2c3ccccc3c3c4sc5ccccc5c4c4c5cccnc5sc4c32)c1.c1ccc(-c2cc(-c3ccccc3)cc(-n3c4ccccc4c4c5sc6ccccc6c5c5c6cccnc6sc5c43)c2)cc1.c1ccc2c(c1)sc1c2c2c3cccnc3sc2c2c1c1ccccc1n2-c1ccc2c3ccccc3c3ccccc3c2c1. The molecule has 0 bridgehead atoms. The van der Waals surface area contributed by atoms with Crippen molar-refractivity contribution in [3.63, 3.8) is 0 Å². The van der Waals surface area contributed by atoms with Gasteiger partial charge in [-0.15, -0.1) is 68.0 Å². The van der Waals surface area contributed by atoms with Gasteiger partial charge in [0.1, 0.15) is 14.5 Å². The van der Waals surface area contributed by atoms with Gasteiger partial charge in [-0.3, -0.25) is 0 Å². The van der Waals surface area contributed by atoms with Crippen molar-refractivity contribution in [3.8, 4) is 50.4 Å². The van der Waals surface area contributed by atoms with Crippen molar-refractivity contribution in [2.45, 2.75) is 0 Å². The molecule has 0 saturated carbocycles. The van der Waals surface area contributed by atoms with E-state index in [-0.39, 0.29) is 0 Å². The minimum Gasteiger partial charge on any atom is -0.308 e. The van der Waals surface area contributed by atoms with Crippen molar-refractivity contribution in [2.75, 3.05) is 0 Å². The average Bonchev–Trinajstić information content (AvgIpc) is 1.54. The van der Waals surface area contributed by atoms with Gasteiger partial charge < -0.3 is 13.7 Å². The quantitative estimate of drug-likeness (QED) is 0.156. The van der Waals surface area contributed by atoms with Crippen molar-refractivity contribution >= 4 is 319 Å². The molecule has 0 amide bonds. The molecular formula is C129H72N6S6.